The normalized spacial score (nSPS) is 22.6. The number of hydrogen-bond donors (Lipinski definition) is 1. The summed E-state index contributed by atoms with van der Waals surface area (Å²) in [6, 6.07) is 3.95. The van der Waals surface area contributed by atoms with Crippen LogP contribution in [-0.4, -0.2) is 21.2 Å². The minimum absolute atomic E-state index is 0.0851. The van der Waals surface area contributed by atoms with Gasteiger partial charge in [-0.15, -0.1) is 0 Å². The van der Waals surface area contributed by atoms with Crippen molar-refractivity contribution in [2.75, 3.05) is 0 Å². The summed E-state index contributed by atoms with van der Waals surface area (Å²) in [6.07, 6.45) is 6.54. The van der Waals surface area contributed by atoms with Gasteiger partial charge in [0.25, 0.3) is 0 Å². The monoisotopic (exact) mass is 242 g/mol. The highest BCUT2D eigenvalue weighted by Gasteiger charge is 2.23. The zero-order chi connectivity index (χ0) is 12.5. The first-order valence-electron chi connectivity index (χ1n) is 5.93. The molecule has 5 heteroatoms. The Morgan fingerprint density at radius 2 is 2.28 bits per heavy atom. The molecule has 1 aliphatic carbocycles. The molecule has 2 unspecified atom stereocenters. The number of allylic oxidation sites excluding steroid dienone is 1. The number of nitrogens with zero attached hydrogens (tertiary/aromatic N) is 3. The summed E-state index contributed by atoms with van der Waals surface area (Å²) >= 11 is 0. The average molecular weight is 242 g/mol. The van der Waals surface area contributed by atoms with Crippen molar-refractivity contribution in [3.05, 3.63) is 41.9 Å². The first-order chi connectivity index (χ1) is 8.74. The van der Waals surface area contributed by atoms with Crippen LogP contribution in [0.25, 0.3) is 11.5 Å². The first kappa shape index (κ1) is 11.1. The molecule has 0 aliphatic heterocycles. The van der Waals surface area contributed by atoms with Crippen LogP contribution < -0.4 is 5.73 Å². The second-order valence-corrected chi connectivity index (χ2v) is 4.52. The maximum Gasteiger partial charge on any atom is 0.234 e. The molecular weight excluding hydrogens is 228 g/mol. The first-order valence-corrected chi connectivity index (χ1v) is 5.93. The largest absolute Gasteiger partial charge is 0.338 e. The van der Waals surface area contributed by atoms with E-state index in [9.17, 15) is 0 Å². The van der Waals surface area contributed by atoms with Crippen molar-refractivity contribution in [2.45, 2.75) is 25.3 Å². The number of pyridine rings is 1. The Morgan fingerprint density at radius 1 is 1.39 bits per heavy atom. The predicted octanol–water partition coefficient (Wildman–Crippen LogP) is 1.81. The van der Waals surface area contributed by atoms with Crippen molar-refractivity contribution >= 4 is 0 Å². The molecule has 3 rings (SSSR count). The Labute approximate surface area is 105 Å². The zero-order valence-corrected chi connectivity index (χ0v) is 10.1. The fourth-order valence-corrected chi connectivity index (χ4v) is 2.11. The van der Waals surface area contributed by atoms with Crippen molar-refractivity contribution in [3.63, 3.8) is 0 Å². The summed E-state index contributed by atoms with van der Waals surface area (Å²) in [7, 11) is 0. The fraction of sp³-hybridized carbons (Fsp3) is 0.308. The van der Waals surface area contributed by atoms with E-state index in [1.807, 2.05) is 31.2 Å². The third-order valence-electron chi connectivity index (χ3n) is 3.10. The van der Waals surface area contributed by atoms with Gasteiger partial charge in [0.2, 0.25) is 11.7 Å². The van der Waals surface area contributed by atoms with E-state index in [0.29, 0.717) is 11.7 Å². The van der Waals surface area contributed by atoms with Crippen LogP contribution in [0.3, 0.4) is 0 Å². The van der Waals surface area contributed by atoms with Gasteiger partial charge in [-0.2, -0.15) is 4.98 Å². The Bertz CT molecular complexity index is 590. The molecule has 18 heavy (non-hydrogen) atoms. The number of aromatic nitrogens is 3. The van der Waals surface area contributed by atoms with E-state index < -0.39 is 0 Å². The second kappa shape index (κ2) is 4.34. The van der Waals surface area contributed by atoms with Crippen LogP contribution in [0.4, 0.5) is 0 Å². The van der Waals surface area contributed by atoms with Gasteiger partial charge in [-0.1, -0.05) is 23.4 Å². The van der Waals surface area contributed by atoms with E-state index in [4.69, 9.17) is 10.3 Å². The van der Waals surface area contributed by atoms with Crippen LogP contribution in [0.2, 0.25) is 0 Å². The van der Waals surface area contributed by atoms with E-state index in [2.05, 4.69) is 15.1 Å². The molecule has 2 N–H and O–H groups in total. The maximum absolute atomic E-state index is 5.82. The summed E-state index contributed by atoms with van der Waals surface area (Å²) in [5, 5.41) is 3.99. The van der Waals surface area contributed by atoms with Crippen LogP contribution in [0.1, 0.15) is 23.8 Å². The Morgan fingerprint density at radius 3 is 3.00 bits per heavy atom. The summed E-state index contributed by atoms with van der Waals surface area (Å²) in [6.45, 7) is 1.98. The van der Waals surface area contributed by atoms with Gasteiger partial charge in [0.15, 0.2) is 0 Å². The van der Waals surface area contributed by atoms with Gasteiger partial charge in [-0.25, -0.2) is 0 Å². The molecule has 0 spiro atoms. The molecular formula is C13H14N4O. The van der Waals surface area contributed by atoms with E-state index in [1.54, 1.807) is 6.20 Å². The zero-order valence-electron chi connectivity index (χ0n) is 10.1. The van der Waals surface area contributed by atoms with Gasteiger partial charge in [0, 0.05) is 12.2 Å². The Balaban J connectivity index is 1.91. The number of rotatable bonds is 2. The summed E-state index contributed by atoms with van der Waals surface area (Å²) in [4.78, 5) is 8.69. The Kier molecular flexibility index (Phi) is 2.68. The molecule has 0 amide bonds. The lowest BCUT2D eigenvalue weighted by atomic mass is 10.1. The minimum atomic E-state index is 0.0851. The number of aryl methyl sites for hydroxylation is 1. The van der Waals surface area contributed by atoms with Gasteiger partial charge in [0.1, 0.15) is 5.69 Å². The second-order valence-electron chi connectivity index (χ2n) is 4.52. The quantitative estimate of drug-likeness (QED) is 0.812. The van der Waals surface area contributed by atoms with E-state index in [0.717, 1.165) is 17.7 Å². The van der Waals surface area contributed by atoms with Crippen LogP contribution in [-0.2, 0) is 0 Å². The molecule has 0 fully saturated rings. The molecule has 0 saturated heterocycles. The lowest BCUT2D eigenvalue weighted by Crippen LogP contribution is -2.14. The summed E-state index contributed by atoms with van der Waals surface area (Å²) in [5.41, 5.74) is 7.61. The van der Waals surface area contributed by atoms with Crippen LogP contribution in [0.15, 0.2) is 35.0 Å². The van der Waals surface area contributed by atoms with Gasteiger partial charge >= 0.3 is 0 Å². The van der Waals surface area contributed by atoms with Crippen molar-refractivity contribution < 1.29 is 4.52 Å². The molecule has 92 valence electrons. The van der Waals surface area contributed by atoms with Crippen molar-refractivity contribution in [2.24, 2.45) is 5.73 Å². The smallest absolute Gasteiger partial charge is 0.234 e. The average Bonchev–Trinajstić information content (AvgIpc) is 2.98. The molecule has 2 aromatic heterocycles. The molecule has 1 aliphatic rings. The summed E-state index contributed by atoms with van der Waals surface area (Å²) < 4.78 is 5.30. The minimum Gasteiger partial charge on any atom is -0.338 e. The van der Waals surface area contributed by atoms with Gasteiger partial charge in [0.05, 0.1) is 5.92 Å². The molecule has 2 aromatic rings. The third kappa shape index (κ3) is 1.93. The Hall–Kier alpha value is -2.01. The molecule has 2 atom stereocenters. The molecule has 0 radical (unpaired) electrons. The van der Waals surface area contributed by atoms with Gasteiger partial charge < -0.3 is 10.3 Å². The topological polar surface area (TPSA) is 77.8 Å². The van der Waals surface area contributed by atoms with Gasteiger partial charge in [-0.3, -0.25) is 4.98 Å². The highest BCUT2D eigenvalue weighted by atomic mass is 16.5. The maximum atomic E-state index is 5.82. The lowest BCUT2D eigenvalue weighted by molar-refractivity contribution is 0.364. The predicted molar refractivity (Wildman–Crippen MR) is 66.7 cm³/mol. The molecule has 2 heterocycles. The van der Waals surface area contributed by atoms with Crippen LogP contribution in [0.5, 0.6) is 0 Å². The highest BCUT2D eigenvalue weighted by Crippen LogP contribution is 2.28. The molecule has 0 bridgehead atoms. The standard InChI is InChI=1S/C13H14N4O/c1-8-3-2-6-15-11(8)12-16-13(18-17-12)9-4-5-10(14)7-9/h2-6,9-10H,7,14H2,1H3. The number of nitrogens with two attached hydrogens (primary N) is 1. The fourth-order valence-electron chi connectivity index (χ4n) is 2.11. The van der Waals surface area contributed by atoms with Crippen LogP contribution >= 0.6 is 0 Å². The highest BCUT2D eigenvalue weighted by molar-refractivity contribution is 5.53. The van der Waals surface area contributed by atoms with E-state index >= 15 is 0 Å². The molecule has 0 aromatic carbocycles. The van der Waals surface area contributed by atoms with E-state index in [-0.39, 0.29) is 12.0 Å². The summed E-state index contributed by atoms with van der Waals surface area (Å²) in [5.74, 6) is 1.28. The van der Waals surface area contributed by atoms with Crippen molar-refractivity contribution in [3.8, 4) is 11.5 Å². The van der Waals surface area contributed by atoms with Crippen molar-refractivity contribution in [1.29, 1.82) is 0 Å². The SMILES string of the molecule is Cc1cccnc1-c1noc(C2C=CC(N)C2)n1. The number of hydrogen-bond acceptors (Lipinski definition) is 5. The van der Waals surface area contributed by atoms with Gasteiger partial charge in [-0.05, 0) is 25.0 Å². The van der Waals surface area contributed by atoms with Crippen molar-refractivity contribution in [1.82, 2.24) is 15.1 Å². The molecule has 5 nitrogen and oxygen atoms in total. The third-order valence-corrected chi connectivity index (χ3v) is 3.10. The van der Waals surface area contributed by atoms with Crippen LogP contribution in [0, 0.1) is 6.92 Å². The van der Waals surface area contributed by atoms with E-state index in [1.165, 1.54) is 0 Å². The lowest BCUT2D eigenvalue weighted by Gasteiger charge is -2.02. The molecule has 0 saturated carbocycles.